The van der Waals surface area contributed by atoms with Gasteiger partial charge in [-0.05, 0) is 108 Å². The second-order valence-corrected chi connectivity index (χ2v) is 31.0. The molecule has 6 unspecified atom stereocenters. The van der Waals surface area contributed by atoms with Gasteiger partial charge in [0.15, 0.2) is 100 Å². The number of hydrogen-bond donors (Lipinski definition) is 3. The number of halogens is 3. The van der Waals surface area contributed by atoms with E-state index >= 15 is 0 Å². The minimum absolute atomic E-state index is 0. The Bertz CT molecular complexity index is 3540. The molecule has 128 heavy (non-hydrogen) atoms. The van der Waals surface area contributed by atoms with Gasteiger partial charge in [-0.2, -0.15) is 9.90 Å². The van der Waals surface area contributed by atoms with Gasteiger partial charge >= 0.3 is 98.7 Å². The minimum atomic E-state index is -1.38. The van der Waals surface area contributed by atoms with Crippen LogP contribution >= 0.6 is 81.4 Å². The van der Waals surface area contributed by atoms with E-state index in [0.29, 0.717) is 134 Å². The van der Waals surface area contributed by atoms with Crippen molar-refractivity contribution in [1.82, 2.24) is 6.15 Å². The van der Waals surface area contributed by atoms with Crippen molar-refractivity contribution in [2.75, 3.05) is 169 Å². The number of nitrogens with zero attached hydrogens (tertiary/aromatic N) is 2. The van der Waals surface area contributed by atoms with Gasteiger partial charge in [0.05, 0.1) is 156 Å². The van der Waals surface area contributed by atoms with E-state index in [1.807, 2.05) is 0 Å². The molecule has 0 radical (unpaired) electrons. The van der Waals surface area contributed by atoms with Crippen molar-refractivity contribution in [2.24, 2.45) is 0 Å². The molecular weight excluding hydrogens is 2000 g/mol. The van der Waals surface area contributed by atoms with E-state index < -0.39 is 48.8 Å². The molecule has 5 fully saturated rings. The molecule has 7 rings (SSSR count). The molecule has 0 amide bonds. The molecular formula is C77H132Br3LiN3NaO38P4S+2. The number of aldehydes is 1. The monoisotopic (exact) mass is 2130 g/mol. The predicted octanol–water partition coefficient (Wildman–Crippen LogP) is 7.41. The van der Waals surface area contributed by atoms with Gasteiger partial charge in [-0.15, -0.1) is 0 Å². The van der Waals surface area contributed by atoms with Crippen molar-refractivity contribution in [3.63, 3.8) is 0 Å². The summed E-state index contributed by atoms with van der Waals surface area (Å²) in [6.07, 6.45) is 13.8. The van der Waals surface area contributed by atoms with Crippen LogP contribution in [0.4, 0.5) is 11.4 Å². The number of methoxy groups -OCH3 is 6. The second kappa shape index (κ2) is 89.4. The molecule has 0 saturated carbocycles. The number of ether oxygens (including phenoxy) is 24. The number of allylic oxidation sites excluding steroid dienone is 4. The van der Waals surface area contributed by atoms with E-state index in [4.69, 9.17) is 115 Å². The van der Waals surface area contributed by atoms with E-state index in [2.05, 4.69) is 73.3 Å². The largest absolute Gasteiger partial charge is 1.00 e. The summed E-state index contributed by atoms with van der Waals surface area (Å²) < 4.78 is 141. The third-order valence-electron chi connectivity index (χ3n) is 14.7. The van der Waals surface area contributed by atoms with Crippen molar-refractivity contribution < 1.29 is 222 Å². The minimum Gasteiger partial charge on any atom is -1.00 e. The maximum atomic E-state index is 12.5. The first kappa shape index (κ1) is 137. The Hall–Kier alpha value is -4.14. The number of carboxylic acids is 1. The Balaban J connectivity index is -0.000000194. The molecule has 41 nitrogen and oxygen atoms in total. The number of hydrogen-bond acceptors (Lipinski definition) is 39. The zero-order valence-electron chi connectivity index (χ0n) is 75.8. The molecule has 0 aliphatic carbocycles. The van der Waals surface area contributed by atoms with Crippen LogP contribution in [0.3, 0.4) is 0 Å². The molecule has 2 aromatic carbocycles. The first-order valence-electron chi connectivity index (χ1n) is 38.1. The molecule has 5 aliphatic rings. The van der Waals surface area contributed by atoms with Gasteiger partial charge in [-0.25, -0.2) is 24.0 Å². The number of carbonyl (C=O) groups excluding carboxylic acids is 5. The van der Waals surface area contributed by atoms with E-state index in [0.717, 1.165) is 32.0 Å². The number of nitro groups is 2. The topological polar surface area (TPSA) is 533 Å². The van der Waals surface area contributed by atoms with Crippen LogP contribution < -0.4 is 83.0 Å². The maximum absolute atomic E-state index is 12.5. The van der Waals surface area contributed by atoms with Crippen molar-refractivity contribution in [3.05, 3.63) is 87.3 Å². The summed E-state index contributed by atoms with van der Waals surface area (Å²) in [7, 11) is 9.23. The van der Waals surface area contributed by atoms with Crippen molar-refractivity contribution in [2.45, 2.75) is 170 Å². The van der Waals surface area contributed by atoms with E-state index in [1.165, 1.54) is 67.5 Å². The van der Waals surface area contributed by atoms with E-state index in [-0.39, 0.29) is 242 Å². The summed E-state index contributed by atoms with van der Waals surface area (Å²) in [5, 5.41) is 41.3. The molecule has 0 spiro atoms. The standard InChI is InChI=1S/C22H30BrNO11.C14H21NO8.C10H15BrO4.C10H16O4.C8H11BrO4.C6H10O3.C5H10O3P.2CH4.Li.H3N.Na.H2O.H2P2S.H3P.H/c1-14(35-22(25)16(23)6-5-7-19-31-8-9-32-19)10-15-20(34-13-29-3)17(24(26)27)11-18(21(15)30-4)33-12-28-2;1-9(16)5-10-13(23-8-20-3)11(15(17)18)6-12(14(10)21-4)22-7-19-2;1-2-13-10(12)8(11)4-3-5-9-14-6-7-15-9;1-2-12-9(11)5-3-4-6-10-13-7-8-14-10;9-6(8(10)11)2-1-3-7-12-4-5-13-7;7-3-1-2-6-8-4-5-9-6;1-3-8-5(6)4-9(2)7;;;;;;;1-2-3;;/h6,11,14,19H,5,7-10,12-13H2,1-4H3;6,9,16H,5,7-8H2,1-4H3;4,9H,2-3,5-7H2,1H3;3,5,10H,2,4,6-8H2,1H3;2,7H,1,3-5H2,(H,10,11);3,6H,1-2,4-5H2;3-4H2,1-2H3;2*1H4;;1H3;;1H2;1H2;1H3;/q;;;;;;+1;;;+1;;+1;;;;-1/b16-6+;;8-4+;5-3+;6-2+;;;;;;;;;;;/i/hT. The third-order valence-corrected chi connectivity index (χ3v) is 17.4. The summed E-state index contributed by atoms with van der Waals surface area (Å²) in [5.74, 6) is -2.01. The van der Waals surface area contributed by atoms with Crippen LogP contribution in [0.2, 0.25) is 0 Å². The average Bonchev–Trinajstić information content (AvgIpc) is 0.818. The summed E-state index contributed by atoms with van der Waals surface area (Å²) in [5.41, 5.74) is -0.0786. The Kier molecular flexibility index (Phi) is 95.6. The van der Waals surface area contributed by atoms with Crippen molar-refractivity contribution in [3.8, 4) is 34.5 Å². The summed E-state index contributed by atoms with van der Waals surface area (Å²) in [6.45, 7) is 16.0. The number of benzene rings is 2. The maximum Gasteiger partial charge on any atom is 1.00 e. The summed E-state index contributed by atoms with van der Waals surface area (Å²) in [6, 6.07) is 2.37. The molecule has 730 valence electrons. The van der Waals surface area contributed by atoms with Crippen molar-refractivity contribution >= 4 is 141 Å². The number of esters is 4. The number of aliphatic hydroxyl groups excluding tert-OH is 1. The molecule has 2 aromatic rings. The van der Waals surface area contributed by atoms with Gasteiger partial charge in [-0.3, -0.25) is 20.2 Å². The van der Waals surface area contributed by atoms with Crippen molar-refractivity contribution in [1.29, 1.82) is 1.28 Å². The SMILES string of the molecule is C.C.CCOC(=O)/C(Br)=C\CCC1OCCO1.CCOC(=O)/C=C/CCC1OCCO1.CCOC(=O)C[P+](C)=O.COCOc1cc([N+](=O)[O-])c(OCOC)c(CC(C)O)c1OC.COCOc1cc([N+](=O)[O-])c(OCOC)c(CC(C)OC(=O)/C(Br)=C\CCC2OCCO2)c1OC.N.O=C(O)/C(Br)=C\CCC1OCCO1.O=CCCC1OCCO1.P.[3H][P+](P)=S.[H-].[Li+].[Na+].[OH-]. The molecule has 6 N–H and O–H groups in total. The fourth-order valence-corrected chi connectivity index (χ4v) is 11.2. The van der Waals surface area contributed by atoms with Crippen LogP contribution in [-0.4, -0.2) is 275 Å². The van der Waals surface area contributed by atoms with Crippen LogP contribution in [0.15, 0.2) is 56.0 Å². The van der Waals surface area contributed by atoms with Crippen LogP contribution in [0, 0.1) is 20.2 Å². The van der Waals surface area contributed by atoms with E-state index in [1.54, 1.807) is 58.9 Å². The average molecular weight is 2140 g/mol. The van der Waals surface area contributed by atoms with Crippen LogP contribution in [0.1, 0.15) is 126 Å². The number of nitro benzene ring substituents is 2. The fraction of sp³-hybridized carbons (Fsp3) is 0.662. The van der Waals surface area contributed by atoms with Gasteiger partial charge < -0.3 is 142 Å². The number of carboxylic acid groups (broad SMARTS) is 1. The molecule has 5 heterocycles. The number of carbonyl (C=O) groups is 6. The molecule has 5 aliphatic heterocycles. The zero-order chi connectivity index (χ0) is 91.6. The smallest absolute Gasteiger partial charge is 1.00 e. The number of rotatable bonds is 45. The molecule has 6 atom stereocenters. The van der Waals surface area contributed by atoms with Crippen LogP contribution in [0.25, 0.3) is 0 Å². The number of aliphatic hydroxyl groups is 1. The second-order valence-electron chi connectivity index (χ2n) is 24.1. The quantitative estimate of drug-likeness (QED) is 0.00668. The fourth-order valence-electron chi connectivity index (χ4n) is 9.85. The van der Waals surface area contributed by atoms with Crippen LogP contribution in [-0.2, 0) is 143 Å². The van der Waals surface area contributed by atoms with E-state index in [9.17, 15) is 58.7 Å². The van der Waals surface area contributed by atoms with Gasteiger partial charge in [0.1, 0.15) is 19.1 Å². The molecule has 0 aromatic heterocycles. The summed E-state index contributed by atoms with van der Waals surface area (Å²) >= 11 is 13.6. The van der Waals surface area contributed by atoms with Gasteiger partial charge in [0, 0.05) is 91.4 Å². The Morgan fingerprint density at radius 2 is 0.914 bits per heavy atom. The first-order chi connectivity index (χ1) is 58.4. The van der Waals surface area contributed by atoms with Gasteiger partial charge in [0.25, 0.3) is 0 Å². The summed E-state index contributed by atoms with van der Waals surface area (Å²) in [4.78, 5) is 87.1. The predicted molar refractivity (Wildman–Crippen MR) is 489 cm³/mol. The zero-order valence-corrected chi connectivity index (χ0v) is 85.8. The molecule has 0 bridgehead atoms. The van der Waals surface area contributed by atoms with Gasteiger partial charge in [-0.1, -0.05) is 43.7 Å². The van der Waals surface area contributed by atoms with Gasteiger partial charge in [0.2, 0.25) is 17.7 Å². The molecule has 51 heteroatoms. The normalized spacial score (nSPS) is 14.8. The first-order valence-corrected chi connectivity index (χ1v) is 45.4. The Labute approximate surface area is 824 Å². The Morgan fingerprint density at radius 1 is 0.594 bits per heavy atom. The van der Waals surface area contributed by atoms with Crippen LogP contribution in [0.5, 0.6) is 34.5 Å². The third kappa shape index (κ3) is 65.5. The Morgan fingerprint density at radius 3 is 1.22 bits per heavy atom. The molecule has 5 saturated heterocycles. The number of aliphatic carboxylic acids is 1.